The molecule has 0 N–H and O–H groups in total. The highest BCUT2D eigenvalue weighted by atomic mass is 16.6. The molecule has 0 saturated carbocycles. The molecule has 0 bridgehead atoms. The van der Waals surface area contributed by atoms with Crippen LogP contribution in [0, 0.1) is 0 Å². The van der Waals surface area contributed by atoms with Gasteiger partial charge in [-0.05, 0) is 19.4 Å². The minimum atomic E-state index is -0.677. The molecule has 0 amide bonds. The van der Waals surface area contributed by atoms with Crippen LogP contribution in [-0.4, -0.2) is 17.4 Å². The summed E-state index contributed by atoms with van der Waals surface area (Å²) >= 11 is 0. The van der Waals surface area contributed by atoms with Crippen LogP contribution in [-0.2, 0) is 9.53 Å². The third-order valence-corrected chi connectivity index (χ3v) is 4.19. The molecule has 1 aliphatic rings. The van der Waals surface area contributed by atoms with Crippen molar-refractivity contribution in [1.82, 2.24) is 0 Å². The third-order valence-electron chi connectivity index (χ3n) is 4.19. The van der Waals surface area contributed by atoms with Gasteiger partial charge in [0.2, 0.25) is 5.90 Å². The van der Waals surface area contributed by atoms with Gasteiger partial charge in [-0.15, -0.1) is 0 Å². The first kappa shape index (κ1) is 17.9. The minimum absolute atomic E-state index is 0.228. The summed E-state index contributed by atoms with van der Waals surface area (Å²) in [6, 6.07) is 0. The number of esters is 1. The Bertz CT molecular complexity index is 362. The van der Waals surface area contributed by atoms with Crippen LogP contribution in [0.3, 0.4) is 0 Å². The number of carbonyl (C=O) groups excluding carboxylic acids is 1. The number of cyclic esters (lactones) is 1. The highest BCUT2D eigenvalue weighted by Crippen LogP contribution is 2.27. The van der Waals surface area contributed by atoms with Crippen molar-refractivity contribution in [3.05, 3.63) is 12.7 Å². The first-order chi connectivity index (χ1) is 10.1. The van der Waals surface area contributed by atoms with Crippen molar-refractivity contribution in [2.24, 2.45) is 4.99 Å². The summed E-state index contributed by atoms with van der Waals surface area (Å²) in [6.07, 6.45) is 15.3. The van der Waals surface area contributed by atoms with Gasteiger partial charge in [0.25, 0.3) is 0 Å². The molecule has 1 rings (SSSR count). The molecule has 0 aromatic carbocycles. The van der Waals surface area contributed by atoms with Crippen LogP contribution in [0.5, 0.6) is 0 Å². The van der Waals surface area contributed by atoms with Crippen molar-refractivity contribution in [3.8, 4) is 0 Å². The number of aliphatic imine (C=N–C) groups is 1. The molecule has 120 valence electrons. The van der Waals surface area contributed by atoms with E-state index in [2.05, 4.69) is 18.5 Å². The van der Waals surface area contributed by atoms with Crippen molar-refractivity contribution in [3.63, 3.8) is 0 Å². The molecule has 1 aliphatic heterocycles. The summed E-state index contributed by atoms with van der Waals surface area (Å²) in [5, 5.41) is 0. The molecule has 3 heteroatoms. The number of unbranched alkanes of at least 4 members (excludes halogenated alkanes) is 9. The Hall–Kier alpha value is -1.12. The second kappa shape index (κ2) is 9.75. The smallest absolute Gasteiger partial charge is 0.340 e. The fourth-order valence-corrected chi connectivity index (χ4v) is 2.72. The largest absolute Gasteiger partial charge is 0.406 e. The van der Waals surface area contributed by atoms with Crippen LogP contribution in [0.2, 0.25) is 0 Å². The van der Waals surface area contributed by atoms with Gasteiger partial charge >= 0.3 is 5.97 Å². The van der Waals surface area contributed by atoms with E-state index in [-0.39, 0.29) is 5.97 Å². The molecule has 0 radical (unpaired) electrons. The minimum Gasteiger partial charge on any atom is -0.406 e. The van der Waals surface area contributed by atoms with Crippen LogP contribution in [0.25, 0.3) is 0 Å². The number of hydrogen-bond acceptors (Lipinski definition) is 3. The lowest BCUT2D eigenvalue weighted by Crippen LogP contribution is -2.29. The molecule has 0 spiro atoms. The maximum atomic E-state index is 11.8. The van der Waals surface area contributed by atoms with Crippen molar-refractivity contribution >= 4 is 11.9 Å². The number of rotatable bonds is 12. The molecular formula is C18H31NO2. The van der Waals surface area contributed by atoms with E-state index in [4.69, 9.17) is 4.74 Å². The molecule has 0 aromatic rings. The summed E-state index contributed by atoms with van der Waals surface area (Å²) in [5.41, 5.74) is -0.677. The van der Waals surface area contributed by atoms with E-state index >= 15 is 0 Å². The Morgan fingerprint density at radius 2 is 1.57 bits per heavy atom. The Labute approximate surface area is 129 Å². The van der Waals surface area contributed by atoms with Crippen molar-refractivity contribution < 1.29 is 9.53 Å². The molecule has 1 unspecified atom stereocenters. The lowest BCUT2D eigenvalue weighted by atomic mass is 9.95. The quantitative estimate of drug-likeness (QED) is 0.366. The summed E-state index contributed by atoms with van der Waals surface area (Å²) in [7, 11) is 0. The zero-order valence-corrected chi connectivity index (χ0v) is 13.8. The first-order valence-electron chi connectivity index (χ1n) is 8.57. The molecular weight excluding hydrogens is 262 g/mol. The predicted octanol–water partition coefficient (Wildman–Crippen LogP) is 5.20. The molecule has 21 heavy (non-hydrogen) atoms. The summed E-state index contributed by atoms with van der Waals surface area (Å²) in [6.45, 7) is 7.70. The fourth-order valence-electron chi connectivity index (χ4n) is 2.72. The SMILES string of the molecule is C=CC1=NC(C)(CCCCCCCCCCCC)C(=O)O1. The van der Waals surface area contributed by atoms with Crippen LogP contribution >= 0.6 is 0 Å². The fraction of sp³-hybridized carbons (Fsp3) is 0.778. The average Bonchev–Trinajstić information content (AvgIpc) is 2.76. The second-order valence-corrected chi connectivity index (χ2v) is 6.25. The lowest BCUT2D eigenvalue weighted by Gasteiger charge is -2.15. The maximum absolute atomic E-state index is 11.8. The van der Waals surface area contributed by atoms with Gasteiger partial charge in [-0.25, -0.2) is 9.79 Å². The van der Waals surface area contributed by atoms with E-state index in [1.54, 1.807) is 0 Å². The van der Waals surface area contributed by atoms with E-state index in [9.17, 15) is 4.79 Å². The Morgan fingerprint density at radius 3 is 2.05 bits per heavy atom. The molecule has 1 heterocycles. The van der Waals surface area contributed by atoms with Gasteiger partial charge in [0.1, 0.15) is 0 Å². The van der Waals surface area contributed by atoms with Crippen LogP contribution < -0.4 is 0 Å². The Kier molecular flexibility index (Phi) is 8.33. The van der Waals surface area contributed by atoms with E-state index < -0.39 is 5.54 Å². The van der Waals surface area contributed by atoms with Gasteiger partial charge in [0, 0.05) is 0 Å². The molecule has 0 aliphatic carbocycles. The van der Waals surface area contributed by atoms with E-state index in [0.29, 0.717) is 5.90 Å². The van der Waals surface area contributed by atoms with Crippen molar-refractivity contribution in [1.29, 1.82) is 0 Å². The zero-order chi connectivity index (χ0) is 15.6. The Balaban J connectivity index is 2.03. The maximum Gasteiger partial charge on any atom is 0.340 e. The normalized spacial score (nSPS) is 21.2. The van der Waals surface area contributed by atoms with Gasteiger partial charge in [-0.3, -0.25) is 0 Å². The Morgan fingerprint density at radius 1 is 1.05 bits per heavy atom. The number of hydrogen-bond donors (Lipinski definition) is 0. The molecule has 0 saturated heterocycles. The average molecular weight is 293 g/mol. The van der Waals surface area contributed by atoms with Crippen LogP contribution in [0.1, 0.15) is 84.5 Å². The number of ether oxygens (including phenoxy) is 1. The van der Waals surface area contributed by atoms with Gasteiger partial charge in [0.15, 0.2) is 5.54 Å². The lowest BCUT2D eigenvalue weighted by molar-refractivity contribution is -0.138. The molecule has 0 aromatic heterocycles. The summed E-state index contributed by atoms with van der Waals surface area (Å²) < 4.78 is 5.06. The highest BCUT2D eigenvalue weighted by molar-refractivity contribution is 6.04. The van der Waals surface area contributed by atoms with Gasteiger partial charge in [0.05, 0.1) is 0 Å². The second-order valence-electron chi connectivity index (χ2n) is 6.25. The van der Waals surface area contributed by atoms with Gasteiger partial charge in [-0.1, -0.05) is 77.7 Å². The summed E-state index contributed by atoms with van der Waals surface area (Å²) in [5.74, 6) is 0.142. The zero-order valence-electron chi connectivity index (χ0n) is 13.8. The summed E-state index contributed by atoms with van der Waals surface area (Å²) in [4.78, 5) is 16.1. The predicted molar refractivity (Wildman–Crippen MR) is 88.6 cm³/mol. The monoisotopic (exact) mass is 293 g/mol. The number of nitrogens with zero attached hydrogens (tertiary/aromatic N) is 1. The first-order valence-corrected chi connectivity index (χ1v) is 8.57. The molecule has 3 nitrogen and oxygen atoms in total. The third kappa shape index (κ3) is 6.45. The van der Waals surface area contributed by atoms with Crippen molar-refractivity contribution in [2.75, 3.05) is 0 Å². The van der Waals surface area contributed by atoms with Crippen LogP contribution in [0.4, 0.5) is 0 Å². The van der Waals surface area contributed by atoms with E-state index in [1.807, 2.05) is 6.92 Å². The van der Waals surface area contributed by atoms with Gasteiger partial charge in [-0.2, -0.15) is 0 Å². The van der Waals surface area contributed by atoms with E-state index in [1.165, 1.54) is 63.9 Å². The van der Waals surface area contributed by atoms with E-state index in [0.717, 1.165) is 12.8 Å². The van der Waals surface area contributed by atoms with Crippen molar-refractivity contribution in [2.45, 2.75) is 90.0 Å². The highest BCUT2D eigenvalue weighted by Gasteiger charge is 2.40. The topological polar surface area (TPSA) is 38.7 Å². The molecule has 0 fully saturated rings. The van der Waals surface area contributed by atoms with Gasteiger partial charge < -0.3 is 4.74 Å². The number of carbonyl (C=O) groups is 1. The standard InChI is InChI=1S/C18H31NO2/c1-4-6-7-8-9-10-11-12-13-14-15-18(3)17(20)21-16(5-2)19-18/h5H,2,4,6-15H2,1,3H3. The van der Waals surface area contributed by atoms with Crippen LogP contribution in [0.15, 0.2) is 17.6 Å². The molecule has 1 atom stereocenters.